The summed E-state index contributed by atoms with van der Waals surface area (Å²) in [5.74, 6) is 0.625. The number of aliphatic hydroxyl groups excluding tert-OH is 1. The van der Waals surface area contributed by atoms with Crippen molar-refractivity contribution in [3.8, 4) is 11.3 Å². The molecule has 3 nitrogen and oxygen atoms in total. The van der Waals surface area contributed by atoms with Gasteiger partial charge in [0.1, 0.15) is 10.7 Å². The molecule has 1 N–H and O–H groups in total. The molecule has 0 aliphatic carbocycles. The number of hydrogen-bond acceptors (Lipinski definition) is 5. The SMILES string of the molecule is CC.OCCSc1ccc(-c2nccnc2Sc2ccc(C(F)(F)F)cc2)cc1. The first kappa shape index (κ1) is 23.3. The van der Waals surface area contributed by atoms with Crippen molar-refractivity contribution in [1.82, 2.24) is 9.97 Å². The summed E-state index contributed by atoms with van der Waals surface area (Å²) in [4.78, 5) is 10.4. The summed E-state index contributed by atoms with van der Waals surface area (Å²) in [6.45, 7) is 4.12. The van der Waals surface area contributed by atoms with Crippen molar-refractivity contribution in [2.45, 2.75) is 34.8 Å². The summed E-state index contributed by atoms with van der Waals surface area (Å²) in [5.41, 5.74) is 0.856. The molecular weight excluding hydrogens is 417 g/mol. The number of aliphatic hydroxyl groups is 1. The van der Waals surface area contributed by atoms with Crippen molar-refractivity contribution in [1.29, 1.82) is 0 Å². The van der Waals surface area contributed by atoms with Gasteiger partial charge >= 0.3 is 6.18 Å². The predicted molar refractivity (Wildman–Crippen MR) is 112 cm³/mol. The molecule has 0 amide bonds. The summed E-state index contributed by atoms with van der Waals surface area (Å²) in [6, 6.07) is 12.7. The molecule has 0 radical (unpaired) electrons. The molecule has 0 saturated heterocycles. The van der Waals surface area contributed by atoms with E-state index in [9.17, 15) is 13.2 Å². The van der Waals surface area contributed by atoms with E-state index in [-0.39, 0.29) is 6.61 Å². The highest BCUT2D eigenvalue weighted by molar-refractivity contribution is 7.99. The summed E-state index contributed by atoms with van der Waals surface area (Å²) in [5, 5.41) is 9.51. The lowest BCUT2D eigenvalue weighted by Gasteiger charge is -2.09. The number of aromatic nitrogens is 2. The van der Waals surface area contributed by atoms with E-state index in [4.69, 9.17) is 5.11 Å². The fourth-order valence-corrected chi connectivity index (χ4v) is 3.83. The van der Waals surface area contributed by atoms with Gasteiger partial charge in [-0.25, -0.2) is 4.98 Å². The fraction of sp³-hybridized carbons (Fsp3) is 0.238. The molecule has 2 aromatic carbocycles. The van der Waals surface area contributed by atoms with Crippen LogP contribution in [-0.2, 0) is 6.18 Å². The van der Waals surface area contributed by atoms with Crippen LogP contribution >= 0.6 is 23.5 Å². The lowest BCUT2D eigenvalue weighted by molar-refractivity contribution is -0.137. The van der Waals surface area contributed by atoms with Crippen LogP contribution in [-0.4, -0.2) is 27.4 Å². The summed E-state index contributed by atoms with van der Waals surface area (Å²) in [6.07, 6.45) is -1.21. The van der Waals surface area contributed by atoms with Gasteiger partial charge in [-0.15, -0.1) is 11.8 Å². The molecular formula is C21H21F3N2OS2. The van der Waals surface area contributed by atoms with Crippen LogP contribution < -0.4 is 0 Å². The highest BCUT2D eigenvalue weighted by Crippen LogP contribution is 2.35. The van der Waals surface area contributed by atoms with Gasteiger partial charge in [0.15, 0.2) is 0 Å². The third kappa shape index (κ3) is 6.76. The van der Waals surface area contributed by atoms with Crippen LogP contribution in [0.3, 0.4) is 0 Å². The zero-order chi connectivity index (χ0) is 21.3. The van der Waals surface area contributed by atoms with E-state index in [1.54, 1.807) is 24.2 Å². The van der Waals surface area contributed by atoms with Crippen molar-refractivity contribution in [2.24, 2.45) is 0 Å². The van der Waals surface area contributed by atoms with E-state index in [1.165, 1.54) is 23.9 Å². The van der Waals surface area contributed by atoms with Crippen LogP contribution in [0.15, 0.2) is 75.7 Å². The van der Waals surface area contributed by atoms with Crippen LogP contribution in [0.25, 0.3) is 11.3 Å². The molecule has 3 aromatic rings. The Bertz CT molecular complexity index is 886. The van der Waals surface area contributed by atoms with Crippen molar-refractivity contribution >= 4 is 23.5 Å². The van der Waals surface area contributed by atoms with Crippen LogP contribution in [0, 0.1) is 0 Å². The first-order chi connectivity index (χ1) is 14.0. The Hall–Kier alpha value is -2.03. The third-order valence-corrected chi connectivity index (χ3v) is 5.54. The largest absolute Gasteiger partial charge is 0.416 e. The maximum atomic E-state index is 12.7. The molecule has 1 heterocycles. The Kier molecular flexibility index (Phi) is 9.00. The average molecular weight is 439 g/mol. The van der Waals surface area contributed by atoms with E-state index in [0.717, 1.165) is 22.6 Å². The summed E-state index contributed by atoms with van der Waals surface area (Å²) < 4.78 is 38.1. The van der Waals surface area contributed by atoms with Crippen molar-refractivity contribution < 1.29 is 18.3 Å². The van der Waals surface area contributed by atoms with Gasteiger partial charge in [-0.1, -0.05) is 37.7 Å². The number of alkyl halides is 3. The summed E-state index contributed by atoms with van der Waals surface area (Å²) >= 11 is 2.82. The number of halogens is 3. The van der Waals surface area contributed by atoms with Gasteiger partial charge in [-0.3, -0.25) is 4.98 Å². The minimum Gasteiger partial charge on any atom is -0.396 e. The second kappa shape index (κ2) is 11.2. The zero-order valence-electron chi connectivity index (χ0n) is 16.0. The Labute approximate surface area is 176 Å². The molecule has 0 aliphatic heterocycles. The van der Waals surface area contributed by atoms with Crippen LogP contribution in [0.5, 0.6) is 0 Å². The second-order valence-corrected chi connectivity index (χ2v) is 7.66. The van der Waals surface area contributed by atoms with E-state index in [0.29, 0.717) is 21.4 Å². The van der Waals surface area contributed by atoms with E-state index >= 15 is 0 Å². The van der Waals surface area contributed by atoms with Crippen molar-refractivity contribution in [3.63, 3.8) is 0 Å². The highest BCUT2D eigenvalue weighted by Gasteiger charge is 2.30. The minimum atomic E-state index is -4.35. The number of rotatable bonds is 6. The quantitative estimate of drug-likeness (QED) is 0.450. The van der Waals surface area contributed by atoms with Gasteiger partial charge in [0.2, 0.25) is 0 Å². The molecule has 0 saturated carbocycles. The third-order valence-electron chi connectivity index (χ3n) is 3.55. The predicted octanol–water partition coefficient (Wildman–Crippen LogP) is 6.42. The van der Waals surface area contributed by atoms with Crippen LogP contribution in [0.2, 0.25) is 0 Å². The van der Waals surface area contributed by atoms with Gasteiger partial charge in [0.25, 0.3) is 0 Å². The van der Waals surface area contributed by atoms with E-state index in [1.807, 2.05) is 38.1 Å². The Balaban J connectivity index is 0.00000145. The Morgan fingerprint density at radius 1 is 0.862 bits per heavy atom. The van der Waals surface area contributed by atoms with Gasteiger partial charge < -0.3 is 5.11 Å². The first-order valence-corrected chi connectivity index (χ1v) is 10.8. The lowest BCUT2D eigenvalue weighted by atomic mass is 10.2. The maximum absolute atomic E-state index is 12.7. The second-order valence-electron chi connectivity index (χ2n) is 5.43. The maximum Gasteiger partial charge on any atom is 0.416 e. The molecule has 154 valence electrons. The van der Waals surface area contributed by atoms with Crippen LogP contribution in [0.4, 0.5) is 13.2 Å². The van der Waals surface area contributed by atoms with Crippen LogP contribution in [0.1, 0.15) is 19.4 Å². The normalized spacial score (nSPS) is 11.0. The van der Waals surface area contributed by atoms with Gasteiger partial charge in [-0.2, -0.15) is 13.2 Å². The van der Waals surface area contributed by atoms with Gasteiger partial charge in [0.05, 0.1) is 12.2 Å². The molecule has 0 spiro atoms. The Morgan fingerprint density at radius 3 is 2.03 bits per heavy atom. The van der Waals surface area contributed by atoms with E-state index in [2.05, 4.69) is 9.97 Å². The smallest absolute Gasteiger partial charge is 0.396 e. The molecule has 0 bridgehead atoms. The number of hydrogen-bond donors (Lipinski definition) is 1. The molecule has 8 heteroatoms. The molecule has 0 aliphatic rings. The van der Waals surface area contributed by atoms with E-state index < -0.39 is 11.7 Å². The van der Waals surface area contributed by atoms with Gasteiger partial charge in [-0.05, 0) is 36.4 Å². The monoisotopic (exact) mass is 438 g/mol. The number of nitrogens with zero attached hydrogens (tertiary/aromatic N) is 2. The number of thioether (sulfide) groups is 1. The molecule has 0 unspecified atom stereocenters. The minimum absolute atomic E-state index is 0.116. The molecule has 1 aromatic heterocycles. The van der Waals surface area contributed by atoms with Crippen molar-refractivity contribution in [3.05, 3.63) is 66.5 Å². The fourth-order valence-electron chi connectivity index (χ4n) is 2.29. The topological polar surface area (TPSA) is 46.0 Å². The molecule has 0 atom stereocenters. The van der Waals surface area contributed by atoms with Crippen molar-refractivity contribution in [2.75, 3.05) is 12.4 Å². The first-order valence-electron chi connectivity index (χ1n) is 8.97. The Morgan fingerprint density at radius 2 is 1.45 bits per heavy atom. The molecule has 3 rings (SSSR count). The number of benzene rings is 2. The van der Waals surface area contributed by atoms with Gasteiger partial charge in [0, 0.05) is 33.5 Å². The zero-order valence-corrected chi connectivity index (χ0v) is 17.6. The average Bonchev–Trinajstić information content (AvgIpc) is 2.74. The molecule has 29 heavy (non-hydrogen) atoms. The molecule has 0 fully saturated rings. The lowest BCUT2D eigenvalue weighted by Crippen LogP contribution is -2.03. The highest BCUT2D eigenvalue weighted by atomic mass is 32.2. The summed E-state index contributed by atoms with van der Waals surface area (Å²) in [7, 11) is 0. The standard InChI is InChI=1S/C19H15F3N2OS2.C2H6/c20-19(21,22)14-3-7-16(8-4-14)27-18-17(23-9-10-24-18)13-1-5-15(6-2-13)26-12-11-25;1-2/h1-10,25H,11-12H2;1-2H3.